The molecule has 0 aliphatic heterocycles. The van der Waals surface area contributed by atoms with Crippen LogP contribution in [0, 0.1) is 18.6 Å². The third kappa shape index (κ3) is 3.98. The first-order valence-corrected chi connectivity index (χ1v) is 7.58. The van der Waals surface area contributed by atoms with Crippen molar-refractivity contribution in [2.45, 2.75) is 6.92 Å². The van der Waals surface area contributed by atoms with Gasteiger partial charge in [-0.05, 0) is 48.9 Å². The van der Waals surface area contributed by atoms with Crippen LogP contribution in [0.2, 0.25) is 0 Å². The maximum atomic E-state index is 13.2. The largest absolute Gasteiger partial charge is 0.354 e. The van der Waals surface area contributed by atoms with E-state index in [9.17, 15) is 13.6 Å². The lowest BCUT2D eigenvalue weighted by atomic mass is 10.2. The second-order valence-corrected chi connectivity index (χ2v) is 5.46. The maximum absolute atomic E-state index is 13.2. The van der Waals surface area contributed by atoms with Gasteiger partial charge in [0.15, 0.2) is 11.6 Å². The van der Waals surface area contributed by atoms with Gasteiger partial charge in [0.05, 0.1) is 11.9 Å². The summed E-state index contributed by atoms with van der Waals surface area (Å²) < 4.78 is 26.1. The number of aryl methyl sites for hydroxylation is 1. The number of carbonyl (C=O) groups excluding carboxylic acids is 1. The van der Waals surface area contributed by atoms with E-state index in [0.29, 0.717) is 5.82 Å². The van der Waals surface area contributed by atoms with Crippen LogP contribution in [0.1, 0.15) is 15.9 Å². The summed E-state index contributed by atoms with van der Waals surface area (Å²) in [6.07, 6.45) is 1.58. The molecule has 1 heterocycles. The summed E-state index contributed by atoms with van der Waals surface area (Å²) >= 11 is 0. The Morgan fingerprint density at radius 3 is 2.48 bits per heavy atom. The molecule has 3 rings (SSSR count). The van der Waals surface area contributed by atoms with Crippen LogP contribution in [0.25, 0.3) is 0 Å². The summed E-state index contributed by atoms with van der Waals surface area (Å²) in [6, 6.07) is 14.2. The van der Waals surface area contributed by atoms with Crippen LogP contribution in [-0.2, 0) is 0 Å². The number of hydrogen-bond acceptors (Lipinski definition) is 3. The minimum Gasteiger partial charge on any atom is -0.354 e. The van der Waals surface area contributed by atoms with E-state index in [0.717, 1.165) is 29.1 Å². The Morgan fingerprint density at radius 1 is 1.00 bits per heavy atom. The molecule has 2 aromatic carbocycles. The Bertz CT molecular complexity index is 911. The summed E-state index contributed by atoms with van der Waals surface area (Å²) in [4.78, 5) is 16.2. The molecule has 4 nitrogen and oxygen atoms in total. The van der Waals surface area contributed by atoms with Crippen LogP contribution in [0.4, 0.5) is 26.0 Å². The number of hydrogen-bond donors (Lipinski definition) is 2. The van der Waals surface area contributed by atoms with Gasteiger partial charge in [-0.2, -0.15) is 0 Å². The molecule has 126 valence electrons. The van der Waals surface area contributed by atoms with Crippen molar-refractivity contribution in [1.29, 1.82) is 0 Å². The van der Waals surface area contributed by atoms with Gasteiger partial charge in [0.25, 0.3) is 5.91 Å². The number of amides is 1. The fourth-order valence-corrected chi connectivity index (χ4v) is 2.24. The molecule has 6 heteroatoms. The number of nitrogens with one attached hydrogen (secondary N) is 2. The Kier molecular flexibility index (Phi) is 4.70. The zero-order chi connectivity index (χ0) is 17.8. The van der Waals surface area contributed by atoms with E-state index in [4.69, 9.17) is 0 Å². The zero-order valence-electron chi connectivity index (χ0n) is 13.4. The quantitative estimate of drug-likeness (QED) is 0.727. The van der Waals surface area contributed by atoms with E-state index in [1.807, 2.05) is 31.2 Å². The second kappa shape index (κ2) is 7.09. The van der Waals surface area contributed by atoms with Crippen molar-refractivity contribution >= 4 is 23.1 Å². The highest BCUT2D eigenvalue weighted by molar-refractivity contribution is 6.03. The number of pyridine rings is 1. The number of benzene rings is 2. The number of rotatable bonds is 4. The van der Waals surface area contributed by atoms with E-state index in [1.54, 1.807) is 18.3 Å². The highest BCUT2D eigenvalue weighted by atomic mass is 19.2. The van der Waals surface area contributed by atoms with Crippen molar-refractivity contribution < 1.29 is 13.6 Å². The Balaban J connectivity index is 1.69. The summed E-state index contributed by atoms with van der Waals surface area (Å²) in [5.41, 5.74) is 2.84. The van der Waals surface area contributed by atoms with Crippen molar-refractivity contribution in [2.75, 3.05) is 10.6 Å². The van der Waals surface area contributed by atoms with Gasteiger partial charge in [0, 0.05) is 11.3 Å². The van der Waals surface area contributed by atoms with Crippen LogP contribution in [-0.4, -0.2) is 10.9 Å². The number of para-hydroxylation sites is 1. The van der Waals surface area contributed by atoms with Gasteiger partial charge in [-0.25, -0.2) is 13.8 Å². The minimum atomic E-state index is -1.07. The van der Waals surface area contributed by atoms with Gasteiger partial charge < -0.3 is 10.6 Å². The standard InChI is InChI=1S/C19H15F2N3O/c1-12-4-2-3-5-17(12)23-14-7-9-18(22-11-14)24-19(25)13-6-8-15(20)16(21)10-13/h2-11,23H,1H3,(H,22,24,25). The first-order chi connectivity index (χ1) is 12.0. The maximum Gasteiger partial charge on any atom is 0.256 e. The Hall–Kier alpha value is -3.28. The molecule has 0 spiro atoms. The molecule has 0 radical (unpaired) electrons. The molecule has 0 fully saturated rings. The second-order valence-electron chi connectivity index (χ2n) is 5.46. The van der Waals surface area contributed by atoms with E-state index >= 15 is 0 Å². The molecule has 0 bridgehead atoms. The predicted octanol–water partition coefficient (Wildman–Crippen LogP) is 4.66. The zero-order valence-corrected chi connectivity index (χ0v) is 13.4. The SMILES string of the molecule is Cc1ccccc1Nc1ccc(NC(=O)c2ccc(F)c(F)c2)nc1. The molecular formula is C19H15F2N3O. The Labute approximate surface area is 143 Å². The lowest BCUT2D eigenvalue weighted by Gasteiger charge is -2.10. The minimum absolute atomic E-state index is 0.0165. The predicted molar refractivity (Wildman–Crippen MR) is 93.0 cm³/mol. The highest BCUT2D eigenvalue weighted by Gasteiger charge is 2.10. The average molecular weight is 339 g/mol. The van der Waals surface area contributed by atoms with E-state index in [2.05, 4.69) is 15.6 Å². The van der Waals surface area contributed by atoms with Crippen LogP contribution in [0.3, 0.4) is 0 Å². The lowest BCUT2D eigenvalue weighted by molar-refractivity contribution is 0.102. The topological polar surface area (TPSA) is 54.0 Å². The number of carbonyl (C=O) groups is 1. The first kappa shape index (κ1) is 16.6. The molecule has 25 heavy (non-hydrogen) atoms. The lowest BCUT2D eigenvalue weighted by Crippen LogP contribution is -2.13. The molecule has 0 atom stereocenters. The van der Waals surface area contributed by atoms with Gasteiger partial charge in [-0.3, -0.25) is 4.79 Å². The van der Waals surface area contributed by atoms with Crippen LogP contribution < -0.4 is 10.6 Å². The van der Waals surface area contributed by atoms with Crippen LogP contribution in [0.5, 0.6) is 0 Å². The van der Waals surface area contributed by atoms with Crippen LogP contribution >= 0.6 is 0 Å². The highest BCUT2D eigenvalue weighted by Crippen LogP contribution is 2.20. The monoisotopic (exact) mass is 339 g/mol. The summed E-state index contributed by atoms with van der Waals surface area (Å²) in [6.45, 7) is 1.99. The molecule has 2 N–H and O–H groups in total. The third-order valence-corrected chi connectivity index (χ3v) is 3.61. The van der Waals surface area contributed by atoms with Gasteiger partial charge in [0.2, 0.25) is 0 Å². The van der Waals surface area contributed by atoms with Gasteiger partial charge in [-0.1, -0.05) is 18.2 Å². The van der Waals surface area contributed by atoms with E-state index in [-0.39, 0.29) is 5.56 Å². The molecule has 1 aromatic heterocycles. The molecule has 0 aliphatic carbocycles. The summed E-state index contributed by atoms with van der Waals surface area (Å²) in [5, 5.41) is 5.77. The third-order valence-electron chi connectivity index (χ3n) is 3.61. The summed E-state index contributed by atoms with van der Waals surface area (Å²) in [7, 11) is 0. The normalized spacial score (nSPS) is 10.4. The first-order valence-electron chi connectivity index (χ1n) is 7.58. The van der Waals surface area contributed by atoms with Crippen LogP contribution in [0.15, 0.2) is 60.8 Å². The summed E-state index contributed by atoms with van der Waals surface area (Å²) in [5.74, 6) is -2.32. The van der Waals surface area contributed by atoms with Gasteiger partial charge in [-0.15, -0.1) is 0 Å². The Morgan fingerprint density at radius 2 is 1.80 bits per heavy atom. The molecule has 3 aromatic rings. The molecule has 1 amide bonds. The molecule has 0 saturated carbocycles. The van der Waals surface area contributed by atoms with Crippen molar-refractivity contribution in [3.8, 4) is 0 Å². The fraction of sp³-hybridized carbons (Fsp3) is 0.0526. The molecule has 0 aliphatic rings. The van der Waals surface area contributed by atoms with E-state index in [1.165, 1.54) is 6.07 Å². The number of nitrogens with zero attached hydrogens (tertiary/aromatic N) is 1. The van der Waals surface area contributed by atoms with Crippen molar-refractivity contribution in [3.05, 3.63) is 83.6 Å². The number of aromatic nitrogens is 1. The van der Waals surface area contributed by atoms with E-state index < -0.39 is 17.5 Å². The molecular weight excluding hydrogens is 324 g/mol. The fourth-order valence-electron chi connectivity index (χ4n) is 2.24. The van der Waals surface area contributed by atoms with Crippen molar-refractivity contribution in [3.63, 3.8) is 0 Å². The molecule has 0 unspecified atom stereocenters. The van der Waals surface area contributed by atoms with Crippen molar-refractivity contribution in [1.82, 2.24) is 4.98 Å². The molecule has 0 saturated heterocycles. The number of anilines is 3. The van der Waals surface area contributed by atoms with Gasteiger partial charge in [0.1, 0.15) is 5.82 Å². The average Bonchev–Trinajstić information content (AvgIpc) is 2.61. The smallest absolute Gasteiger partial charge is 0.256 e. The number of halogens is 2. The van der Waals surface area contributed by atoms with Crippen molar-refractivity contribution in [2.24, 2.45) is 0 Å². The van der Waals surface area contributed by atoms with Gasteiger partial charge >= 0.3 is 0 Å².